The predicted octanol–water partition coefficient (Wildman–Crippen LogP) is 4.38. The predicted molar refractivity (Wildman–Crippen MR) is 141 cm³/mol. The number of hydrogen-bond donors (Lipinski definition) is 0. The molecule has 1 aliphatic carbocycles. The minimum absolute atomic E-state index is 0.0736. The number of nitrogens with zero attached hydrogens (tertiary/aromatic N) is 2. The number of benzene rings is 3. The minimum atomic E-state index is -3.79. The van der Waals surface area contributed by atoms with E-state index in [-0.39, 0.29) is 16.8 Å². The zero-order chi connectivity index (χ0) is 26.1. The molecule has 0 aromatic heterocycles. The van der Waals surface area contributed by atoms with Crippen LogP contribution < -0.4 is 14.4 Å². The molecule has 0 bridgehead atoms. The van der Waals surface area contributed by atoms with Gasteiger partial charge in [-0.25, -0.2) is 8.42 Å². The van der Waals surface area contributed by atoms with Gasteiger partial charge in [-0.2, -0.15) is 4.31 Å². The first-order valence-corrected chi connectivity index (χ1v) is 13.9. The monoisotopic (exact) mass is 518 g/mol. The maximum atomic E-state index is 14.1. The molecule has 0 saturated carbocycles. The molecule has 3 aliphatic rings. The number of carbonyl (C=O) groups excluding carboxylic acids is 1. The standard InChI is InChI=1S/C29H30N2O5S/c1-18-9-11-20(12-10-18)37(33,34)30-16-15-29-23-7-5-6-8-24(23)31(19(2)32)28(29)21-13-14-25(35-3)27(36-4)22(21)17-26(29)30/h5-14,26,28H,15-17H2,1-4H3. The lowest BCUT2D eigenvalue weighted by Crippen LogP contribution is -2.53. The van der Waals surface area contributed by atoms with E-state index < -0.39 is 21.5 Å². The molecule has 0 N–H and O–H groups in total. The summed E-state index contributed by atoms with van der Waals surface area (Å²) in [5, 5.41) is 0. The van der Waals surface area contributed by atoms with Crippen LogP contribution in [0.4, 0.5) is 5.69 Å². The molecule has 2 heterocycles. The molecule has 2 aliphatic heterocycles. The van der Waals surface area contributed by atoms with Crippen LogP contribution in [-0.4, -0.2) is 45.4 Å². The maximum absolute atomic E-state index is 14.1. The summed E-state index contributed by atoms with van der Waals surface area (Å²) in [5.41, 5.74) is 4.17. The van der Waals surface area contributed by atoms with Crippen molar-refractivity contribution in [2.24, 2.45) is 0 Å². The van der Waals surface area contributed by atoms with Crippen molar-refractivity contribution >= 4 is 21.6 Å². The smallest absolute Gasteiger partial charge is 0.243 e. The Morgan fingerprint density at radius 2 is 1.73 bits per heavy atom. The molecular formula is C29H30N2O5S. The second-order valence-electron chi connectivity index (χ2n) is 10.1. The van der Waals surface area contributed by atoms with E-state index in [0.29, 0.717) is 30.9 Å². The van der Waals surface area contributed by atoms with E-state index in [1.54, 1.807) is 37.6 Å². The van der Waals surface area contributed by atoms with Crippen molar-refractivity contribution in [1.82, 2.24) is 4.31 Å². The molecule has 6 rings (SSSR count). The maximum Gasteiger partial charge on any atom is 0.243 e. The quantitative estimate of drug-likeness (QED) is 0.513. The third-order valence-corrected chi connectivity index (χ3v) is 10.4. The first-order chi connectivity index (χ1) is 17.8. The molecule has 3 aromatic rings. The van der Waals surface area contributed by atoms with E-state index in [2.05, 4.69) is 6.07 Å². The number of methoxy groups -OCH3 is 2. The van der Waals surface area contributed by atoms with Crippen molar-refractivity contribution < 1.29 is 22.7 Å². The Morgan fingerprint density at radius 3 is 2.41 bits per heavy atom. The van der Waals surface area contributed by atoms with Gasteiger partial charge in [0.1, 0.15) is 0 Å². The summed E-state index contributed by atoms with van der Waals surface area (Å²) in [7, 11) is -0.600. The summed E-state index contributed by atoms with van der Waals surface area (Å²) in [6.45, 7) is 3.88. The van der Waals surface area contributed by atoms with E-state index >= 15 is 0 Å². The van der Waals surface area contributed by atoms with Crippen molar-refractivity contribution in [2.45, 2.75) is 49.1 Å². The van der Waals surface area contributed by atoms with Crippen molar-refractivity contribution in [2.75, 3.05) is 25.7 Å². The van der Waals surface area contributed by atoms with Crippen molar-refractivity contribution in [3.63, 3.8) is 0 Å². The van der Waals surface area contributed by atoms with E-state index in [1.807, 2.05) is 54.3 Å². The highest BCUT2D eigenvalue weighted by Crippen LogP contribution is 2.64. The number of para-hydroxylation sites is 1. The first-order valence-electron chi connectivity index (χ1n) is 12.5. The number of hydrogen-bond acceptors (Lipinski definition) is 5. The third-order valence-electron chi connectivity index (χ3n) is 8.44. The molecule has 3 unspecified atom stereocenters. The second kappa shape index (κ2) is 8.33. The lowest BCUT2D eigenvalue weighted by Gasteiger charge is -2.46. The van der Waals surface area contributed by atoms with Gasteiger partial charge in [-0.05, 0) is 55.2 Å². The molecule has 3 aromatic carbocycles. The third kappa shape index (κ3) is 3.15. The molecule has 192 valence electrons. The van der Waals surface area contributed by atoms with Crippen LogP contribution in [0.25, 0.3) is 0 Å². The fourth-order valence-corrected chi connectivity index (χ4v) is 8.63. The lowest BCUT2D eigenvalue weighted by molar-refractivity contribution is -0.117. The van der Waals surface area contributed by atoms with Gasteiger partial charge in [0.05, 0.1) is 25.2 Å². The minimum Gasteiger partial charge on any atom is -0.493 e. The topological polar surface area (TPSA) is 76.2 Å². The average molecular weight is 519 g/mol. The van der Waals surface area contributed by atoms with Gasteiger partial charge in [0.15, 0.2) is 11.5 Å². The molecule has 1 amide bonds. The molecule has 3 atom stereocenters. The molecule has 1 saturated heterocycles. The summed E-state index contributed by atoms with van der Waals surface area (Å²) < 4.78 is 41.3. The first kappa shape index (κ1) is 24.0. The van der Waals surface area contributed by atoms with Gasteiger partial charge >= 0.3 is 0 Å². The van der Waals surface area contributed by atoms with Crippen LogP contribution in [0.1, 0.15) is 41.6 Å². The zero-order valence-electron chi connectivity index (χ0n) is 21.4. The summed E-state index contributed by atoms with van der Waals surface area (Å²) in [6, 6.07) is 18.1. The van der Waals surface area contributed by atoms with Gasteiger partial charge in [-0.15, -0.1) is 0 Å². The van der Waals surface area contributed by atoms with Crippen LogP contribution in [0.15, 0.2) is 65.6 Å². The number of fused-ring (bicyclic) bond motifs is 3. The molecule has 0 radical (unpaired) electrons. The van der Waals surface area contributed by atoms with Crippen molar-refractivity contribution in [3.05, 3.63) is 82.9 Å². The highest BCUT2D eigenvalue weighted by Gasteiger charge is 2.65. The number of rotatable bonds is 4. The van der Waals surface area contributed by atoms with Crippen LogP contribution in [-0.2, 0) is 26.7 Å². The molecule has 1 fully saturated rings. The summed E-state index contributed by atoms with van der Waals surface area (Å²) in [6.07, 6.45) is 1.07. The summed E-state index contributed by atoms with van der Waals surface area (Å²) in [5.74, 6) is 1.10. The van der Waals surface area contributed by atoms with Gasteiger partial charge in [-0.3, -0.25) is 4.79 Å². The number of amides is 1. The Morgan fingerprint density at radius 1 is 1.00 bits per heavy atom. The SMILES string of the molecule is COc1ccc2c(c1OC)CC1N(S(=O)(=O)c3ccc(C)cc3)CCC13c1ccccc1N(C(C)=O)C23. The Bertz CT molecular complexity index is 1520. The lowest BCUT2D eigenvalue weighted by atomic mass is 9.63. The van der Waals surface area contributed by atoms with Gasteiger partial charge in [0.2, 0.25) is 15.9 Å². The van der Waals surface area contributed by atoms with Crippen LogP contribution in [0.3, 0.4) is 0 Å². The number of aryl methyl sites for hydroxylation is 1. The van der Waals surface area contributed by atoms with Gasteiger partial charge < -0.3 is 14.4 Å². The van der Waals surface area contributed by atoms with E-state index in [4.69, 9.17) is 9.47 Å². The highest BCUT2D eigenvalue weighted by molar-refractivity contribution is 7.89. The van der Waals surface area contributed by atoms with Crippen molar-refractivity contribution in [1.29, 1.82) is 0 Å². The van der Waals surface area contributed by atoms with Gasteiger partial charge in [0.25, 0.3) is 0 Å². The fraction of sp³-hybridized carbons (Fsp3) is 0.345. The fourth-order valence-electron chi connectivity index (χ4n) is 6.95. The molecule has 37 heavy (non-hydrogen) atoms. The van der Waals surface area contributed by atoms with Crippen LogP contribution >= 0.6 is 0 Å². The average Bonchev–Trinajstić information content (AvgIpc) is 3.43. The van der Waals surface area contributed by atoms with Crippen LogP contribution in [0.5, 0.6) is 11.5 Å². The highest BCUT2D eigenvalue weighted by atomic mass is 32.2. The molecule has 7 nitrogen and oxygen atoms in total. The van der Waals surface area contributed by atoms with E-state index in [1.165, 1.54) is 0 Å². The van der Waals surface area contributed by atoms with Gasteiger partial charge in [-0.1, -0.05) is 42.0 Å². The zero-order valence-corrected chi connectivity index (χ0v) is 22.2. The van der Waals surface area contributed by atoms with Crippen LogP contribution in [0.2, 0.25) is 0 Å². The Balaban J connectivity index is 1.62. The number of carbonyl (C=O) groups is 1. The van der Waals surface area contributed by atoms with Crippen LogP contribution in [0, 0.1) is 6.92 Å². The largest absolute Gasteiger partial charge is 0.493 e. The number of ether oxygens (including phenoxy) is 2. The molecule has 8 heteroatoms. The molecular weight excluding hydrogens is 488 g/mol. The Labute approximate surface area is 217 Å². The second-order valence-corrected chi connectivity index (χ2v) is 12.0. The summed E-state index contributed by atoms with van der Waals surface area (Å²) in [4.78, 5) is 15.3. The number of anilines is 1. The normalized spacial score (nSPS) is 24.2. The summed E-state index contributed by atoms with van der Waals surface area (Å²) >= 11 is 0. The Kier molecular flexibility index (Phi) is 5.40. The molecule has 1 spiro atoms. The Hall–Kier alpha value is -3.36. The van der Waals surface area contributed by atoms with Gasteiger partial charge in [0, 0.05) is 36.2 Å². The van der Waals surface area contributed by atoms with Crippen molar-refractivity contribution in [3.8, 4) is 11.5 Å². The number of sulfonamides is 1. The van der Waals surface area contributed by atoms with E-state index in [9.17, 15) is 13.2 Å². The van der Waals surface area contributed by atoms with E-state index in [0.717, 1.165) is 27.9 Å².